The van der Waals surface area contributed by atoms with Gasteiger partial charge in [0.2, 0.25) is 0 Å². The van der Waals surface area contributed by atoms with Crippen molar-refractivity contribution in [1.82, 2.24) is 4.90 Å². The Bertz CT molecular complexity index is 346. The Labute approximate surface area is 174 Å². The Kier molecular flexibility index (Phi) is 20.4. The molecule has 0 bridgehead atoms. The Balaban J connectivity index is 3.86. The van der Waals surface area contributed by atoms with Crippen molar-refractivity contribution < 1.29 is 18.9 Å². The number of hydrogen-bond acceptors (Lipinski definition) is 3. The summed E-state index contributed by atoms with van der Waals surface area (Å²) in [6.45, 7) is 8.29. The third kappa shape index (κ3) is 22.4. The largest absolute Gasteiger partial charge is 0.469 e. The molecule has 0 aromatic rings. The average Bonchev–Trinajstić information content (AvgIpc) is 2.64. The molecule has 0 fully saturated rings. The van der Waals surface area contributed by atoms with Crippen LogP contribution in [0.25, 0.3) is 0 Å². The second-order valence-corrected chi connectivity index (χ2v) is 9.35. The number of nitrogens with zero attached hydrogens (tertiary/aromatic N) is 1. The predicted molar refractivity (Wildman–Crippen MR) is 120 cm³/mol. The molecule has 5 nitrogen and oxygen atoms in total. The fourth-order valence-electron chi connectivity index (χ4n) is 3.54. The van der Waals surface area contributed by atoms with E-state index in [9.17, 15) is 4.57 Å². The molecule has 0 rings (SSSR count). The summed E-state index contributed by atoms with van der Waals surface area (Å²) < 4.78 is 15.1. The van der Waals surface area contributed by atoms with E-state index in [0.29, 0.717) is 0 Å². The summed E-state index contributed by atoms with van der Waals surface area (Å²) in [5.41, 5.74) is 0. The maximum atomic E-state index is 10.6. The highest BCUT2D eigenvalue weighted by Gasteiger charge is 2.12. The van der Waals surface area contributed by atoms with E-state index < -0.39 is 7.82 Å². The van der Waals surface area contributed by atoms with Crippen LogP contribution >= 0.6 is 7.82 Å². The van der Waals surface area contributed by atoms with Gasteiger partial charge in [-0.05, 0) is 45.3 Å². The first-order chi connectivity index (χ1) is 13.5. The van der Waals surface area contributed by atoms with E-state index >= 15 is 0 Å². The van der Waals surface area contributed by atoms with Gasteiger partial charge in [-0.25, -0.2) is 4.57 Å². The van der Waals surface area contributed by atoms with Gasteiger partial charge in [0.25, 0.3) is 0 Å². The van der Waals surface area contributed by atoms with Gasteiger partial charge in [0, 0.05) is 0 Å². The van der Waals surface area contributed by atoms with Crippen molar-refractivity contribution >= 4 is 7.82 Å². The molecule has 0 heterocycles. The number of rotatable bonds is 22. The van der Waals surface area contributed by atoms with Crippen LogP contribution in [0.15, 0.2) is 0 Å². The zero-order chi connectivity index (χ0) is 20.9. The first-order valence-corrected chi connectivity index (χ1v) is 13.4. The second-order valence-electron chi connectivity index (χ2n) is 8.12. The summed E-state index contributed by atoms with van der Waals surface area (Å²) in [6, 6.07) is 0. The number of phosphoric acid groups is 1. The summed E-state index contributed by atoms with van der Waals surface area (Å²) >= 11 is 0. The zero-order valence-corrected chi connectivity index (χ0v) is 19.6. The predicted octanol–water partition coefficient (Wildman–Crippen LogP) is 6.68. The standard InChI is InChI=1S/C22H48NO4P/c1-3-5-7-9-11-15-19-23(20-16-12-10-8-6-4-2)21-17-13-14-18-22-27-28(24,25)26/h3-22H2,1-2H3,(H2,24,25,26). The van der Waals surface area contributed by atoms with Gasteiger partial charge in [0.1, 0.15) is 0 Å². The fraction of sp³-hybridized carbons (Fsp3) is 1.00. The second kappa shape index (κ2) is 20.3. The van der Waals surface area contributed by atoms with E-state index in [-0.39, 0.29) is 6.61 Å². The molecule has 2 N–H and O–H groups in total. The maximum absolute atomic E-state index is 10.6. The Morgan fingerprint density at radius 2 is 0.964 bits per heavy atom. The minimum Gasteiger partial charge on any atom is -0.303 e. The lowest BCUT2D eigenvalue weighted by atomic mass is 10.1. The SMILES string of the molecule is CCCCCCCCN(CCCCCCCC)CCCCCCOP(=O)(O)O. The summed E-state index contributed by atoms with van der Waals surface area (Å²) in [5.74, 6) is 0. The number of unbranched alkanes of at least 4 members (excludes halogenated alkanes) is 13. The molecule has 28 heavy (non-hydrogen) atoms. The Morgan fingerprint density at radius 1 is 0.607 bits per heavy atom. The molecule has 0 saturated heterocycles. The lowest BCUT2D eigenvalue weighted by molar-refractivity contribution is 0.192. The highest BCUT2D eigenvalue weighted by atomic mass is 31.2. The third-order valence-electron chi connectivity index (χ3n) is 5.28. The Morgan fingerprint density at radius 3 is 1.36 bits per heavy atom. The van der Waals surface area contributed by atoms with Crippen LogP contribution in [0.3, 0.4) is 0 Å². The minimum atomic E-state index is -4.29. The lowest BCUT2D eigenvalue weighted by Gasteiger charge is -2.22. The molecule has 0 unspecified atom stereocenters. The van der Waals surface area contributed by atoms with Crippen molar-refractivity contribution in [3.8, 4) is 0 Å². The number of hydrogen-bond donors (Lipinski definition) is 2. The molecular weight excluding hydrogens is 373 g/mol. The van der Waals surface area contributed by atoms with E-state index in [4.69, 9.17) is 9.79 Å². The van der Waals surface area contributed by atoms with Gasteiger partial charge in [-0.1, -0.05) is 90.9 Å². The number of phosphoric ester groups is 1. The first-order valence-electron chi connectivity index (χ1n) is 11.9. The topological polar surface area (TPSA) is 70.0 Å². The van der Waals surface area contributed by atoms with Crippen LogP contribution < -0.4 is 0 Å². The van der Waals surface area contributed by atoms with Gasteiger partial charge in [-0.2, -0.15) is 0 Å². The van der Waals surface area contributed by atoms with Crippen LogP contribution in [0.1, 0.15) is 117 Å². The van der Waals surface area contributed by atoms with E-state index in [2.05, 4.69) is 23.3 Å². The van der Waals surface area contributed by atoms with Gasteiger partial charge in [0.15, 0.2) is 0 Å². The van der Waals surface area contributed by atoms with Gasteiger partial charge >= 0.3 is 7.82 Å². The van der Waals surface area contributed by atoms with Crippen LogP contribution in [-0.4, -0.2) is 40.9 Å². The minimum absolute atomic E-state index is 0.156. The Hall–Kier alpha value is 0.0700. The molecule has 0 aromatic heterocycles. The van der Waals surface area contributed by atoms with Crippen molar-refractivity contribution in [2.75, 3.05) is 26.2 Å². The average molecular weight is 422 g/mol. The molecule has 6 heteroatoms. The van der Waals surface area contributed by atoms with Crippen LogP contribution in [0.2, 0.25) is 0 Å². The summed E-state index contributed by atoms with van der Waals surface area (Å²) in [5, 5.41) is 0. The fourth-order valence-corrected chi connectivity index (χ4v) is 3.91. The van der Waals surface area contributed by atoms with E-state index in [1.54, 1.807) is 0 Å². The molecule has 0 spiro atoms. The first kappa shape index (κ1) is 28.1. The monoisotopic (exact) mass is 421 g/mol. The summed E-state index contributed by atoms with van der Waals surface area (Å²) in [4.78, 5) is 20.0. The molecule has 0 aliphatic rings. The molecule has 0 saturated carbocycles. The van der Waals surface area contributed by atoms with Crippen molar-refractivity contribution in [1.29, 1.82) is 0 Å². The highest BCUT2D eigenvalue weighted by Crippen LogP contribution is 2.35. The van der Waals surface area contributed by atoms with Crippen molar-refractivity contribution in [2.45, 2.75) is 117 Å². The van der Waals surface area contributed by atoms with E-state index in [0.717, 1.165) is 25.8 Å². The maximum Gasteiger partial charge on any atom is 0.469 e. The van der Waals surface area contributed by atoms with Crippen LogP contribution in [0.5, 0.6) is 0 Å². The molecule has 0 aromatic carbocycles. The normalized spacial score (nSPS) is 12.2. The van der Waals surface area contributed by atoms with Gasteiger partial charge in [-0.15, -0.1) is 0 Å². The van der Waals surface area contributed by atoms with Crippen LogP contribution in [0.4, 0.5) is 0 Å². The van der Waals surface area contributed by atoms with Crippen molar-refractivity contribution in [2.24, 2.45) is 0 Å². The van der Waals surface area contributed by atoms with Gasteiger partial charge in [0.05, 0.1) is 6.61 Å². The lowest BCUT2D eigenvalue weighted by Crippen LogP contribution is -2.27. The van der Waals surface area contributed by atoms with Crippen molar-refractivity contribution in [3.63, 3.8) is 0 Å². The van der Waals surface area contributed by atoms with E-state index in [1.165, 1.54) is 96.6 Å². The summed E-state index contributed by atoms with van der Waals surface area (Å²) in [6.07, 6.45) is 20.2. The van der Waals surface area contributed by atoms with Crippen molar-refractivity contribution in [3.05, 3.63) is 0 Å². The molecule has 0 aliphatic carbocycles. The molecular formula is C22H48NO4P. The molecule has 170 valence electrons. The highest BCUT2D eigenvalue weighted by molar-refractivity contribution is 7.46. The van der Waals surface area contributed by atoms with E-state index in [1.807, 2.05) is 0 Å². The molecule has 0 atom stereocenters. The summed E-state index contributed by atoms with van der Waals surface area (Å²) in [7, 11) is -4.29. The smallest absolute Gasteiger partial charge is 0.303 e. The molecule has 0 radical (unpaired) electrons. The third-order valence-corrected chi connectivity index (χ3v) is 5.80. The van der Waals surface area contributed by atoms with Gasteiger partial charge in [-0.3, -0.25) is 4.52 Å². The van der Waals surface area contributed by atoms with Crippen LogP contribution in [-0.2, 0) is 9.09 Å². The zero-order valence-electron chi connectivity index (χ0n) is 18.7. The van der Waals surface area contributed by atoms with Crippen LogP contribution in [0, 0.1) is 0 Å². The quantitative estimate of drug-likeness (QED) is 0.151. The molecule has 0 aliphatic heterocycles. The van der Waals surface area contributed by atoms with Gasteiger partial charge < -0.3 is 14.7 Å². The molecule has 0 amide bonds.